The molecular formula is C16H25N3O. The number of likely N-dealkylation sites (tertiary alicyclic amines) is 1. The summed E-state index contributed by atoms with van der Waals surface area (Å²) in [4.78, 5) is 16.5. The number of hydrogen-bond donors (Lipinski definition) is 1. The van der Waals surface area contributed by atoms with Crippen LogP contribution in [0.2, 0.25) is 0 Å². The summed E-state index contributed by atoms with van der Waals surface area (Å²) in [7, 11) is 1.91. The van der Waals surface area contributed by atoms with E-state index in [1.807, 2.05) is 24.9 Å². The van der Waals surface area contributed by atoms with Crippen LogP contribution in [0, 0.1) is 5.92 Å². The van der Waals surface area contributed by atoms with Crippen LogP contribution in [0.5, 0.6) is 0 Å². The van der Waals surface area contributed by atoms with Gasteiger partial charge in [0.15, 0.2) is 0 Å². The van der Waals surface area contributed by atoms with Gasteiger partial charge in [-0.25, -0.2) is 0 Å². The largest absolute Gasteiger partial charge is 0.341 e. The standard InChI is InChI=1S/C16H25N3O/c1-13(10-17)16(20)18(2)15-8-9-19(12-15)11-14-6-4-3-5-7-14/h3-7,13,15H,8-12,17H2,1-2H3. The molecule has 0 radical (unpaired) electrons. The average Bonchev–Trinajstić information content (AvgIpc) is 2.94. The molecule has 0 bridgehead atoms. The van der Waals surface area contributed by atoms with Crippen LogP contribution in [0.3, 0.4) is 0 Å². The van der Waals surface area contributed by atoms with Crippen molar-refractivity contribution >= 4 is 5.91 Å². The highest BCUT2D eigenvalue weighted by molar-refractivity contribution is 5.78. The number of carbonyl (C=O) groups is 1. The molecule has 4 nitrogen and oxygen atoms in total. The lowest BCUT2D eigenvalue weighted by molar-refractivity contribution is -0.135. The van der Waals surface area contributed by atoms with E-state index in [1.165, 1.54) is 5.56 Å². The fourth-order valence-corrected chi connectivity index (χ4v) is 2.74. The number of nitrogens with zero attached hydrogens (tertiary/aromatic N) is 2. The third-order valence-corrected chi connectivity index (χ3v) is 4.17. The Morgan fingerprint density at radius 2 is 2.15 bits per heavy atom. The van der Waals surface area contributed by atoms with Crippen molar-refractivity contribution in [3.8, 4) is 0 Å². The van der Waals surface area contributed by atoms with Gasteiger partial charge in [0.25, 0.3) is 0 Å². The molecule has 2 N–H and O–H groups in total. The molecule has 0 aromatic heterocycles. The van der Waals surface area contributed by atoms with E-state index in [0.717, 1.165) is 26.1 Å². The zero-order valence-electron chi connectivity index (χ0n) is 12.5. The molecule has 1 amide bonds. The van der Waals surface area contributed by atoms with E-state index in [0.29, 0.717) is 12.6 Å². The molecule has 1 aromatic carbocycles. The van der Waals surface area contributed by atoms with Crippen LogP contribution in [-0.4, -0.2) is 48.4 Å². The summed E-state index contributed by atoms with van der Waals surface area (Å²) in [6, 6.07) is 10.8. The predicted octanol–water partition coefficient (Wildman–Crippen LogP) is 1.31. The first kappa shape index (κ1) is 15.0. The molecule has 110 valence electrons. The molecule has 20 heavy (non-hydrogen) atoms. The Kier molecular flexibility index (Phi) is 5.15. The van der Waals surface area contributed by atoms with Gasteiger partial charge in [0.2, 0.25) is 5.91 Å². The maximum absolute atomic E-state index is 12.2. The van der Waals surface area contributed by atoms with Gasteiger partial charge in [-0.05, 0) is 12.0 Å². The van der Waals surface area contributed by atoms with E-state index in [4.69, 9.17) is 5.73 Å². The van der Waals surface area contributed by atoms with Crippen LogP contribution in [0.1, 0.15) is 18.9 Å². The van der Waals surface area contributed by atoms with Crippen molar-refractivity contribution in [2.75, 3.05) is 26.7 Å². The second-order valence-corrected chi connectivity index (χ2v) is 5.75. The molecule has 0 saturated carbocycles. The molecule has 0 aliphatic carbocycles. The van der Waals surface area contributed by atoms with Crippen molar-refractivity contribution in [1.29, 1.82) is 0 Å². The number of rotatable bonds is 5. The second-order valence-electron chi connectivity index (χ2n) is 5.75. The van der Waals surface area contributed by atoms with Crippen molar-refractivity contribution in [3.63, 3.8) is 0 Å². The highest BCUT2D eigenvalue weighted by Crippen LogP contribution is 2.18. The van der Waals surface area contributed by atoms with Crippen molar-refractivity contribution in [2.24, 2.45) is 11.7 Å². The summed E-state index contributed by atoms with van der Waals surface area (Å²) >= 11 is 0. The number of benzene rings is 1. The summed E-state index contributed by atoms with van der Waals surface area (Å²) in [5.41, 5.74) is 6.91. The van der Waals surface area contributed by atoms with Gasteiger partial charge in [-0.2, -0.15) is 0 Å². The third-order valence-electron chi connectivity index (χ3n) is 4.17. The second kappa shape index (κ2) is 6.86. The highest BCUT2D eigenvalue weighted by Gasteiger charge is 2.29. The fraction of sp³-hybridized carbons (Fsp3) is 0.562. The Morgan fingerprint density at radius 3 is 2.80 bits per heavy atom. The van der Waals surface area contributed by atoms with Crippen LogP contribution in [0.15, 0.2) is 30.3 Å². The molecular weight excluding hydrogens is 250 g/mol. The summed E-state index contributed by atoms with van der Waals surface area (Å²) in [5, 5.41) is 0. The zero-order chi connectivity index (χ0) is 14.5. The smallest absolute Gasteiger partial charge is 0.226 e. The Balaban J connectivity index is 1.87. The minimum atomic E-state index is -0.0804. The number of amides is 1. The van der Waals surface area contributed by atoms with E-state index in [2.05, 4.69) is 29.2 Å². The van der Waals surface area contributed by atoms with E-state index < -0.39 is 0 Å². The lowest BCUT2D eigenvalue weighted by atomic mass is 10.1. The van der Waals surface area contributed by atoms with Crippen LogP contribution >= 0.6 is 0 Å². The van der Waals surface area contributed by atoms with E-state index in [1.54, 1.807) is 0 Å². The number of likely N-dealkylation sites (N-methyl/N-ethyl adjacent to an activating group) is 1. The van der Waals surface area contributed by atoms with Crippen LogP contribution in [0.25, 0.3) is 0 Å². The lowest BCUT2D eigenvalue weighted by Crippen LogP contribution is -2.43. The van der Waals surface area contributed by atoms with Gasteiger partial charge < -0.3 is 10.6 Å². The Morgan fingerprint density at radius 1 is 1.45 bits per heavy atom. The quantitative estimate of drug-likeness (QED) is 0.881. The van der Waals surface area contributed by atoms with Gasteiger partial charge >= 0.3 is 0 Å². The maximum atomic E-state index is 12.2. The fourth-order valence-electron chi connectivity index (χ4n) is 2.74. The van der Waals surface area contributed by atoms with Crippen LogP contribution < -0.4 is 5.73 Å². The minimum absolute atomic E-state index is 0.0804. The molecule has 2 atom stereocenters. The predicted molar refractivity (Wildman–Crippen MR) is 81.1 cm³/mol. The first-order valence-corrected chi connectivity index (χ1v) is 7.35. The molecule has 1 aliphatic rings. The lowest BCUT2D eigenvalue weighted by Gasteiger charge is -2.27. The Hall–Kier alpha value is -1.39. The van der Waals surface area contributed by atoms with Crippen molar-refractivity contribution in [3.05, 3.63) is 35.9 Å². The molecule has 0 spiro atoms. The van der Waals surface area contributed by atoms with E-state index in [9.17, 15) is 4.79 Å². The SMILES string of the molecule is CC(CN)C(=O)N(C)C1CCN(Cc2ccccc2)C1. The number of hydrogen-bond acceptors (Lipinski definition) is 3. The Bertz CT molecular complexity index is 435. The summed E-state index contributed by atoms with van der Waals surface area (Å²) in [5.74, 6) is 0.0854. The van der Waals surface area contributed by atoms with Gasteiger partial charge in [-0.1, -0.05) is 37.3 Å². The van der Waals surface area contributed by atoms with Crippen molar-refractivity contribution < 1.29 is 4.79 Å². The van der Waals surface area contributed by atoms with Crippen molar-refractivity contribution in [2.45, 2.75) is 25.9 Å². The molecule has 1 saturated heterocycles. The summed E-state index contributed by atoms with van der Waals surface area (Å²) in [6.45, 7) is 5.29. The molecule has 1 fully saturated rings. The highest BCUT2D eigenvalue weighted by atomic mass is 16.2. The summed E-state index contributed by atoms with van der Waals surface area (Å²) < 4.78 is 0. The molecule has 1 aliphatic heterocycles. The van der Waals surface area contributed by atoms with Gasteiger partial charge in [0, 0.05) is 45.2 Å². The first-order valence-electron chi connectivity index (χ1n) is 7.35. The van der Waals surface area contributed by atoms with Gasteiger partial charge in [-0.3, -0.25) is 9.69 Å². The summed E-state index contributed by atoms with van der Waals surface area (Å²) in [6.07, 6.45) is 1.05. The normalized spacial score (nSPS) is 20.9. The maximum Gasteiger partial charge on any atom is 0.226 e. The minimum Gasteiger partial charge on any atom is -0.341 e. The monoisotopic (exact) mass is 275 g/mol. The molecule has 4 heteroatoms. The first-order chi connectivity index (χ1) is 9.61. The van der Waals surface area contributed by atoms with Gasteiger partial charge in [0.05, 0.1) is 0 Å². The van der Waals surface area contributed by atoms with Crippen molar-refractivity contribution in [1.82, 2.24) is 9.80 Å². The number of nitrogens with two attached hydrogens (primary N) is 1. The van der Waals surface area contributed by atoms with Crippen LogP contribution in [-0.2, 0) is 11.3 Å². The van der Waals surface area contributed by atoms with Gasteiger partial charge in [-0.15, -0.1) is 0 Å². The molecule has 1 aromatic rings. The van der Waals surface area contributed by atoms with E-state index >= 15 is 0 Å². The third kappa shape index (κ3) is 3.58. The van der Waals surface area contributed by atoms with Crippen LogP contribution in [0.4, 0.5) is 0 Å². The number of carbonyl (C=O) groups excluding carboxylic acids is 1. The zero-order valence-corrected chi connectivity index (χ0v) is 12.5. The Labute approximate surface area is 121 Å². The molecule has 2 unspecified atom stereocenters. The van der Waals surface area contributed by atoms with Gasteiger partial charge in [0.1, 0.15) is 0 Å². The van der Waals surface area contributed by atoms with E-state index in [-0.39, 0.29) is 11.8 Å². The molecule has 2 rings (SSSR count). The molecule has 1 heterocycles. The average molecular weight is 275 g/mol. The topological polar surface area (TPSA) is 49.6 Å².